The SMILES string of the molecule is Clc1cccc(C2=CCNCCC2)c1. The van der Waals surface area contributed by atoms with Crippen LogP contribution in [-0.4, -0.2) is 13.1 Å². The van der Waals surface area contributed by atoms with Crippen LogP contribution in [0.5, 0.6) is 0 Å². The highest BCUT2D eigenvalue weighted by atomic mass is 35.5. The van der Waals surface area contributed by atoms with Gasteiger partial charge in [-0.2, -0.15) is 0 Å². The third-order valence-corrected chi connectivity index (χ3v) is 2.72. The second kappa shape index (κ2) is 4.63. The summed E-state index contributed by atoms with van der Waals surface area (Å²) >= 11 is 5.96. The molecule has 1 aromatic rings. The van der Waals surface area contributed by atoms with Gasteiger partial charge in [-0.15, -0.1) is 0 Å². The lowest BCUT2D eigenvalue weighted by atomic mass is 10.0. The number of allylic oxidation sites excluding steroid dienone is 1. The van der Waals surface area contributed by atoms with Crippen LogP contribution in [0.15, 0.2) is 30.3 Å². The van der Waals surface area contributed by atoms with E-state index in [-0.39, 0.29) is 0 Å². The molecular weight excluding hydrogens is 194 g/mol. The Balaban J connectivity index is 2.24. The van der Waals surface area contributed by atoms with Crippen molar-refractivity contribution >= 4 is 17.2 Å². The van der Waals surface area contributed by atoms with E-state index < -0.39 is 0 Å². The van der Waals surface area contributed by atoms with Crippen molar-refractivity contribution in [2.75, 3.05) is 13.1 Å². The van der Waals surface area contributed by atoms with E-state index in [1.807, 2.05) is 18.2 Å². The normalized spacial score (nSPS) is 17.4. The Morgan fingerprint density at radius 1 is 1.29 bits per heavy atom. The Morgan fingerprint density at radius 3 is 3.07 bits per heavy atom. The van der Waals surface area contributed by atoms with Crippen molar-refractivity contribution in [1.29, 1.82) is 0 Å². The van der Waals surface area contributed by atoms with Gasteiger partial charge in [-0.1, -0.05) is 29.8 Å². The molecule has 0 amide bonds. The first kappa shape index (κ1) is 9.75. The minimum atomic E-state index is 0.820. The van der Waals surface area contributed by atoms with E-state index in [4.69, 9.17) is 11.6 Å². The van der Waals surface area contributed by atoms with Crippen LogP contribution in [0.3, 0.4) is 0 Å². The second-order valence-corrected chi connectivity index (χ2v) is 3.98. The molecule has 1 nitrogen and oxygen atoms in total. The summed E-state index contributed by atoms with van der Waals surface area (Å²) in [7, 11) is 0. The summed E-state index contributed by atoms with van der Waals surface area (Å²) in [6.07, 6.45) is 4.62. The average molecular weight is 208 g/mol. The molecule has 0 saturated carbocycles. The largest absolute Gasteiger partial charge is 0.313 e. The number of rotatable bonds is 1. The molecule has 2 heteroatoms. The van der Waals surface area contributed by atoms with Crippen molar-refractivity contribution in [2.24, 2.45) is 0 Å². The molecule has 0 bridgehead atoms. The molecular formula is C12H14ClN. The van der Waals surface area contributed by atoms with Crippen molar-refractivity contribution in [2.45, 2.75) is 12.8 Å². The van der Waals surface area contributed by atoms with Crippen molar-refractivity contribution < 1.29 is 0 Å². The van der Waals surface area contributed by atoms with Crippen LogP contribution in [0.1, 0.15) is 18.4 Å². The van der Waals surface area contributed by atoms with E-state index >= 15 is 0 Å². The van der Waals surface area contributed by atoms with Crippen LogP contribution in [0.4, 0.5) is 0 Å². The van der Waals surface area contributed by atoms with Crippen LogP contribution in [0, 0.1) is 0 Å². The maximum atomic E-state index is 5.96. The standard InChI is InChI=1S/C12H14ClN/c13-12-5-1-3-11(9-12)10-4-2-7-14-8-6-10/h1,3,5-6,9,14H,2,4,7-8H2. The predicted octanol–water partition coefficient (Wildman–Crippen LogP) is 3.11. The first-order chi connectivity index (χ1) is 6.86. The molecule has 0 fully saturated rings. The first-order valence-electron chi connectivity index (χ1n) is 5.02. The lowest BCUT2D eigenvalue weighted by molar-refractivity contribution is 0.723. The zero-order valence-electron chi connectivity index (χ0n) is 8.09. The Morgan fingerprint density at radius 2 is 2.21 bits per heavy atom. The molecule has 0 atom stereocenters. The second-order valence-electron chi connectivity index (χ2n) is 3.55. The molecule has 2 rings (SSSR count). The Kier molecular flexibility index (Phi) is 3.22. The van der Waals surface area contributed by atoms with Gasteiger partial charge in [-0.25, -0.2) is 0 Å². The predicted molar refractivity (Wildman–Crippen MR) is 61.5 cm³/mol. The molecule has 74 valence electrons. The summed E-state index contributed by atoms with van der Waals surface area (Å²) in [4.78, 5) is 0. The molecule has 1 N–H and O–H groups in total. The molecule has 1 aliphatic rings. The molecule has 0 saturated heterocycles. The molecule has 1 heterocycles. The molecule has 0 spiro atoms. The van der Waals surface area contributed by atoms with Gasteiger partial charge in [0.1, 0.15) is 0 Å². The lowest BCUT2D eigenvalue weighted by Crippen LogP contribution is -2.12. The zero-order chi connectivity index (χ0) is 9.80. The van der Waals surface area contributed by atoms with Crippen LogP contribution in [0.25, 0.3) is 5.57 Å². The van der Waals surface area contributed by atoms with E-state index in [1.165, 1.54) is 17.6 Å². The number of hydrogen-bond acceptors (Lipinski definition) is 1. The van der Waals surface area contributed by atoms with Crippen LogP contribution in [0.2, 0.25) is 5.02 Å². The fourth-order valence-electron chi connectivity index (χ4n) is 1.75. The Bertz CT molecular complexity index is 344. The molecule has 14 heavy (non-hydrogen) atoms. The Labute approximate surface area is 89.8 Å². The van der Waals surface area contributed by atoms with Gasteiger partial charge in [0.05, 0.1) is 0 Å². The number of halogens is 1. The van der Waals surface area contributed by atoms with Crippen molar-refractivity contribution in [3.63, 3.8) is 0 Å². The van der Waals surface area contributed by atoms with Gasteiger partial charge in [0.15, 0.2) is 0 Å². The fraction of sp³-hybridized carbons (Fsp3) is 0.333. The van der Waals surface area contributed by atoms with Gasteiger partial charge >= 0.3 is 0 Å². The van der Waals surface area contributed by atoms with Gasteiger partial charge < -0.3 is 5.32 Å². The van der Waals surface area contributed by atoms with E-state index in [0.29, 0.717) is 0 Å². The zero-order valence-corrected chi connectivity index (χ0v) is 8.85. The van der Waals surface area contributed by atoms with Gasteiger partial charge in [0.2, 0.25) is 0 Å². The molecule has 0 aromatic heterocycles. The van der Waals surface area contributed by atoms with Crippen molar-refractivity contribution in [1.82, 2.24) is 5.32 Å². The highest BCUT2D eigenvalue weighted by Gasteiger charge is 2.04. The van der Waals surface area contributed by atoms with Gasteiger partial charge in [0, 0.05) is 11.6 Å². The molecule has 1 aromatic carbocycles. The summed E-state index contributed by atoms with van der Waals surface area (Å²) in [6, 6.07) is 8.10. The van der Waals surface area contributed by atoms with Crippen molar-refractivity contribution in [3.05, 3.63) is 40.9 Å². The Hall–Kier alpha value is -0.790. The molecule has 0 aliphatic carbocycles. The minimum Gasteiger partial charge on any atom is -0.313 e. The van der Waals surface area contributed by atoms with Gasteiger partial charge in [-0.3, -0.25) is 0 Å². The average Bonchev–Trinajstić information content (AvgIpc) is 2.45. The van der Waals surface area contributed by atoms with E-state index in [9.17, 15) is 0 Å². The lowest BCUT2D eigenvalue weighted by Gasteiger charge is -2.05. The van der Waals surface area contributed by atoms with Crippen molar-refractivity contribution in [3.8, 4) is 0 Å². The minimum absolute atomic E-state index is 0.820. The number of benzene rings is 1. The summed E-state index contributed by atoms with van der Waals surface area (Å²) in [6.45, 7) is 2.09. The maximum absolute atomic E-state index is 5.96. The molecule has 0 unspecified atom stereocenters. The van der Waals surface area contributed by atoms with E-state index in [1.54, 1.807) is 0 Å². The van der Waals surface area contributed by atoms with Gasteiger partial charge in [-0.05, 0) is 42.7 Å². The molecule has 0 radical (unpaired) electrons. The number of nitrogens with one attached hydrogen (secondary N) is 1. The smallest absolute Gasteiger partial charge is 0.0412 e. The van der Waals surface area contributed by atoms with Gasteiger partial charge in [0.25, 0.3) is 0 Å². The first-order valence-corrected chi connectivity index (χ1v) is 5.40. The third-order valence-electron chi connectivity index (χ3n) is 2.49. The summed E-state index contributed by atoms with van der Waals surface area (Å²) in [5, 5.41) is 4.17. The third kappa shape index (κ3) is 2.37. The number of hydrogen-bond donors (Lipinski definition) is 1. The van der Waals surface area contributed by atoms with Crippen LogP contribution >= 0.6 is 11.6 Å². The van der Waals surface area contributed by atoms with E-state index in [0.717, 1.165) is 24.5 Å². The maximum Gasteiger partial charge on any atom is 0.0412 e. The summed E-state index contributed by atoms with van der Waals surface area (Å²) in [5.74, 6) is 0. The monoisotopic (exact) mass is 207 g/mol. The molecule has 1 aliphatic heterocycles. The quantitative estimate of drug-likeness (QED) is 0.746. The fourth-order valence-corrected chi connectivity index (χ4v) is 1.94. The van der Waals surface area contributed by atoms with Crippen LogP contribution in [-0.2, 0) is 0 Å². The van der Waals surface area contributed by atoms with Crippen LogP contribution < -0.4 is 5.32 Å². The van der Waals surface area contributed by atoms with E-state index in [2.05, 4.69) is 17.5 Å². The summed E-state index contributed by atoms with van der Waals surface area (Å²) < 4.78 is 0. The topological polar surface area (TPSA) is 12.0 Å². The summed E-state index contributed by atoms with van der Waals surface area (Å²) in [5.41, 5.74) is 2.68. The highest BCUT2D eigenvalue weighted by molar-refractivity contribution is 6.30. The highest BCUT2D eigenvalue weighted by Crippen LogP contribution is 2.23.